The molecule has 1 saturated heterocycles. The van der Waals surface area contributed by atoms with Crippen molar-refractivity contribution < 1.29 is 9.53 Å². The zero-order valence-corrected chi connectivity index (χ0v) is 11.4. The first-order chi connectivity index (χ1) is 8.83. The SMILES string of the molecule is O=C1O[C@H](CCC2CCCC2)[C@@H]1CC1CCCC1. The van der Waals surface area contributed by atoms with Gasteiger partial charge < -0.3 is 4.74 Å². The van der Waals surface area contributed by atoms with Crippen LogP contribution in [0.2, 0.25) is 0 Å². The summed E-state index contributed by atoms with van der Waals surface area (Å²) in [5.74, 6) is 2.10. The number of carbonyl (C=O) groups excluding carboxylic acids is 1. The Morgan fingerprint density at radius 1 is 0.889 bits per heavy atom. The minimum Gasteiger partial charge on any atom is -0.461 e. The van der Waals surface area contributed by atoms with Crippen molar-refractivity contribution in [2.24, 2.45) is 17.8 Å². The Labute approximate surface area is 110 Å². The normalized spacial score (nSPS) is 33.7. The Balaban J connectivity index is 1.42. The Kier molecular flexibility index (Phi) is 3.91. The van der Waals surface area contributed by atoms with E-state index in [-0.39, 0.29) is 18.0 Å². The molecule has 0 bridgehead atoms. The van der Waals surface area contributed by atoms with E-state index in [1.807, 2.05) is 0 Å². The van der Waals surface area contributed by atoms with Gasteiger partial charge in [-0.1, -0.05) is 51.4 Å². The van der Waals surface area contributed by atoms with Gasteiger partial charge in [-0.3, -0.25) is 4.79 Å². The highest BCUT2D eigenvalue weighted by Crippen LogP contribution is 2.39. The fraction of sp³-hybridized carbons (Fsp3) is 0.938. The molecule has 3 aliphatic rings. The smallest absolute Gasteiger partial charge is 0.313 e. The maximum atomic E-state index is 11.6. The summed E-state index contributed by atoms with van der Waals surface area (Å²) < 4.78 is 5.38. The lowest BCUT2D eigenvalue weighted by molar-refractivity contribution is -0.187. The number of carbonyl (C=O) groups is 1. The standard InChI is InChI=1S/C16H26O2/c17-16-14(11-13-7-3-4-8-13)15(18-16)10-9-12-5-1-2-6-12/h12-15H,1-11H2/t14-,15+/m0/s1. The summed E-state index contributed by atoms with van der Waals surface area (Å²) in [6.45, 7) is 0. The predicted octanol–water partition coefficient (Wildman–Crippen LogP) is 4.08. The third-order valence-corrected chi connectivity index (χ3v) is 5.42. The molecule has 2 atom stereocenters. The summed E-state index contributed by atoms with van der Waals surface area (Å²) in [7, 11) is 0. The van der Waals surface area contributed by atoms with E-state index >= 15 is 0 Å². The van der Waals surface area contributed by atoms with Crippen LogP contribution >= 0.6 is 0 Å². The molecule has 0 aromatic rings. The van der Waals surface area contributed by atoms with Gasteiger partial charge in [0.2, 0.25) is 0 Å². The van der Waals surface area contributed by atoms with Crippen LogP contribution in [-0.2, 0) is 9.53 Å². The molecule has 0 N–H and O–H groups in total. The molecule has 2 heteroatoms. The van der Waals surface area contributed by atoms with Crippen LogP contribution in [0.1, 0.15) is 70.6 Å². The minimum atomic E-state index is 0.0957. The van der Waals surface area contributed by atoms with Crippen molar-refractivity contribution >= 4 is 5.97 Å². The van der Waals surface area contributed by atoms with Gasteiger partial charge in [0.05, 0.1) is 5.92 Å². The molecule has 3 fully saturated rings. The molecule has 0 amide bonds. The molecule has 2 saturated carbocycles. The third-order valence-electron chi connectivity index (χ3n) is 5.42. The summed E-state index contributed by atoms with van der Waals surface area (Å²) in [6, 6.07) is 0. The van der Waals surface area contributed by atoms with Gasteiger partial charge in [0.1, 0.15) is 6.10 Å². The molecule has 0 spiro atoms. The van der Waals surface area contributed by atoms with E-state index in [9.17, 15) is 4.79 Å². The molecule has 102 valence electrons. The quantitative estimate of drug-likeness (QED) is 0.687. The largest absolute Gasteiger partial charge is 0.461 e. The zero-order chi connectivity index (χ0) is 12.4. The van der Waals surface area contributed by atoms with Crippen LogP contribution < -0.4 is 0 Å². The zero-order valence-electron chi connectivity index (χ0n) is 11.4. The van der Waals surface area contributed by atoms with Crippen molar-refractivity contribution in [1.82, 2.24) is 0 Å². The van der Waals surface area contributed by atoms with Crippen molar-refractivity contribution in [3.8, 4) is 0 Å². The lowest BCUT2D eigenvalue weighted by Crippen LogP contribution is -2.46. The van der Waals surface area contributed by atoms with Crippen LogP contribution in [0.5, 0.6) is 0 Å². The first-order valence-corrected chi connectivity index (χ1v) is 8.03. The first kappa shape index (κ1) is 12.5. The summed E-state index contributed by atoms with van der Waals surface area (Å²) in [6.07, 6.45) is 14.9. The van der Waals surface area contributed by atoms with Gasteiger partial charge in [0.25, 0.3) is 0 Å². The Bertz CT molecular complexity index is 287. The van der Waals surface area contributed by atoms with Gasteiger partial charge in [0, 0.05) is 0 Å². The second-order valence-corrected chi connectivity index (χ2v) is 6.70. The highest BCUT2D eigenvalue weighted by molar-refractivity contribution is 5.78. The highest BCUT2D eigenvalue weighted by Gasteiger charge is 2.43. The van der Waals surface area contributed by atoms with Crippen molar-refractivity contribution in [2.45, 2.75) is 76.7 Å². The van der Waals surface area contributed by atoms with E-state index in [0.29, 0.717) is 0 Å². The van der Waals surface area contributed by atoms with Crippen LogP contribution in [0.4, 0.5) is 0 Å². The molecule has 0 aromatic carbocycles. The van der Waals surface area contributed by atoms with Crippen molar-refractivity contribution in [3.63, 3.8) is 0 Å². The van der Waals surface area contributed by atoms with E-state index in [4.69, 9.17) is 4.74 Å². The van der Waals surface area contributed by atoms with Crippen LogP contribution in [0.15, 0.2) is 0 Å². The Morgan fingerprint density at radius 2 is 1.50 bits per heavy atom. The van der Waals surface area contributed by atoms with Gasteiger partial charge >= 0.3 is 5.97 Å². The molecule has 0 aromatic heterocycles. The molecular weight excluding hydrogens is 224 g/mol. The summed E-state index contributed by atoms with van der Waals surface area (Å²) >= 11 is 0. The molecule has 0 unspecified atom stereocenters. The lowest BCUT2D eigenvalue weighted by atomic mass is 9.83. The van der Waals surface area contributed by atoms with E-state index in [1.165, 1.54) is 57.8 Å². The molecule has 1 heterocycles. The first-order valence-electron chi connectivity index (χ1n) is 8.03. The number of hydrogen-bond donors (Lipinski definition) is 0. The predicted molar refractivity (Wildman–Crippen MR) is 71.1 cm³/mol. The van der Waals surface area contributed by atoms with Crippen LogP contribution in [0, 0.1) is 17.8 Å². The number of ether oxygens (including phenoxy) is 1. The van der Waals surface area contributed by atoms with E-state index in [1.54, 1.807) is 0 Å². The minimum absolute atomic E-state index is 0.0957. The van der Waals surface area contributed by atoms with Gasteiger partial charge in [-0.25, -0.2) is 0 Å². The number of esters is 1. The molecule has 2 nitrogen and oxygen atoms in total. The number of hydrogen-bond acceptors (Lipinski definition) is 2. The van der Waals surface area contributed by atoms with E-state index in [2.05, 4.69) is 0 Å². The Hall–Kier alpha value is -0.530. The van der Waals surface area contributed by atoms with E-state index < -0.39 is 0 Å². The van der Waals surface area contributed by atoms with Gasteiger partial charge in [0.15, 0.2) is 0 Å². The van der Waals surface area contributed by atoms with Crippen LogP contribution in [0.3, 0.4) is 0 Å². The average molecular weight is 250 g/mol. The maximum absolute atomic E-state index is 11.6. The molecule has 2 aliphatic carbocycles. The van der Waals surface area contributed by atoms with E-state index in [0.717, 1.165) is 24.7 Å². The molecule has 18 heavy (non-hydrogen) atoms. The highest BCUT2D eigenvalue weighted by atomic mass is 16.6. The van der Waals surface area contributed by atoms with Crippen molar-refractivity contribution in [1.29, 1.82) is 0 Å². The van der Waals surface area contributed by atoms with Gasteiger partial charge in [-0.15, -0.1) is 0 Å². The van der Waals surface area contributed by atoms with Gasteiger partial charge in [-0.2, -0.15) is 0 Å². The molecule has 1 aliphatic heterocycles. The maximum Gasteiger partial charge on any atom is 0.313 e. The number of cyclic esters (lactones) is 1. The number of rotatable bonds is 5. The van der Waals surface area contributed by atoms with Crippen molar-refractivity contribution in [2.75, 3.05) is 0 Å². The van der Waals surface area contributed by atoms with Crippen molar-refractivity contribution in [3.05, 3.63) is 0 Å². The topological polar surface area (TPSA) is 26.3 Å². The molecule has 3 rings (SSSR count). The summed E-state index contributed by atoms with van der Waals surface area (Å²) in [4.78, 5) is 11.6. The molecule has 0 radical (unpaired) electrons. The third kappa shape index (κ3) is 2.73. The summed E-state index contributed by atoms with van der Waals surface area (Å²) in [5, 5.41) is 0. The second-order valence-electron chi connectivity index (χ2n) is 6.70. The monoisotopic (exact) mass is 250 g/mol. The van der Waals surface area contributed by atoms with Gasteiger partial charge in [-0.05, 0) is 31.1 Å². The second kappa shape index (κ2) is 5.63. The summed E-state index contributed by atoms with van der Waals surface area (Å²) in [5.41, 5.74) is 0. The lowest BCUT2D eigenvalue weighted by Gasteiger charge is -2.37. The Morgan fingerprint density at radius 3 is 2.11 bits per heavy atom. The van der Waals surface area contributed by atoms with Crippen LogP contribution in [-0.4, -0.2) is 12.1 Å². The fourth-order valence-electron chi connectivity index (χ4n) is 4.21. The average Bonchev–Trinajstić information content (AvgIpc) is 3.04. The molecular formula is C16H26O2. The van der Waals surface area contributed by atoms with Crippen LogP contribution in [0.25, 0.3) is 0 Å². The fourth-order valence-corrected chi connectivity index (χ4v) is 4.21.